The number of halogens is 1. The lowest BCUT2D eigenvalue weighted by atomic mass is 9.91. The first-order valence-corrected chi connectivity index (χ1v) is 8.81. The average Bonchev–Trinajstić information content (AvgIpc) is 2.86. The molecule has 0 unspecified atom stereocenters. The fraction of sp³-hybridized carbons (Fsp3) is 0.500. The van der Waals surface area contributed by atoms with Gasteiger partial charge in [-0.15, -0.1) is 11.3 Å². The molecule has 2 aromatic rings. The fourth-order valence-electron chi connectivity index (χ4n) is 3.59. The Morgan fingerprint density at radius 1 is 1.35 bits per heavy atom. The van der Waals surface area contributed by atoms with Gasteiger partial charge < -0.3 is 9.64 Å². The van der Waals surface area contributed by atoms with Gasteiger partial charge in [0.15, 0.2) is 0 Å². The summed E-state index contributed by atoms with van der Waals surface area (Å²) in [6.07, 6.45) is 1.15. The maximum atomic E-state index is 14.2. The van der Waals surface area contributed by atoms with Crippen LogP contribution in [0.1, 0.15) is 35.5 Å². The van der Waals surface area contributed by atoms with Crippen molar-refractivity contribution >= 4 is 27.3 Å². The highest BCUT2D eigenvalue weighted by Crippen LogP contribution is 2.35. The monoisotopic (exact) mass is 335 g/mol. The van der Waals surface area contributed by atoms with Gasteiger partial charge in [-0.05, 0) is 30.4 Å². The molecule has 23 heavy (non-hydrogen) atoms. The molecule has 0 spiro atoms. The Balaban J connectivity index is 2.03. The second kappa shape index (κ2) is 6.57. The van der Waals surface area contributed by atoms with E-state index in [-0.39, 0.29) is 18.3 Å². The molecule has 5 heteroatoms. The van der Waals surface area contributed by atoms with Gasteiger partial charge >= 0.3 is 0 Å². The SMILES string of the molecule is COCc1c(C(=O)N2C[C@H](C)C[C@H](C)C2)sc2cccc(F)c12. The largest absolute Gasteiger partial charge is 0.380 e. The summed E-state index contributed by atoms with van der Waals surface area (Å²) in [5.74, 6) is 0.723. The van der Waals surface area contributed by atoms with Crippen LogP contribution in [-0.4, -0.2) is 31.0 Å². The summed E-state index contributed by atoms with van der Waals surface area (Å²) >= 11 is 1.37. The molecule has 0 saturated carbocycles. The number of nitrogens with zero attached hydrogens (tertiary/aromatic N) is 1. The van der Waals surface area contributed by atoms with Crippen LogP contribution in [-0.2, 0) is 11.3 Å². The summed E-state index contributed by atoms with van der Waals surface area (Å²) in [5, 5.41) is 0.529. The van der Waals surface area contributed by atoms with Crippen molar-refractivity contribution in [3.63, 3.8) is 0 Å². The van der Waals surface area contributed by atoms with Gasteiger partial charge in [-0.1, -0.05) is 19.9 Å². The number of ether oxygens (including phenoxy) is 1. The third-order valence-corrected chi connectivity index (χ3v) is 5.59. The molecule has 1 amide bonds. The second-order valence-corrected chi connectivity index (χ2v) is 7.66. The molecule has 3 nitrogen and oxygen atoms in total. The van der Waals surface area contributed by atoms with Crippen molar-refractivity contribution in [1.82, 2.24) is 4.90 Å². The van der Waals surface area contributed by atoms with Gasteiger partial charge in [0.25, 0.3) is 5.91 Å². The Kier molecular flexibility index (Phi) is 4.69. The predicted molar refractivity (Wildman–Crippen MR) is 91.3 cm³/mol. The predicted octanol–water partition coefficient (Wildman–Crippen LogP) is 4.30. The second-order valence-electron chi connectivity index (χ2n) is 6.61. The van der Waals surface area contributed by atoms with E-state index >= 15 is 0 Å². The lowest BCUT2D eigenvalue weighted by Gasteiger charge is -2.35. The summed E-state index contributed by atoms with van der Waals surface area (Å²) in [7, 11) is 1.57. The number of methoxy groups -OCH3 is 1. The molecule has 1 aliphatic heterocycles. The third-order valence-electron chi connectivity index (χ3n) is 4.40. The van der Waals surface area contributed by atoms with E-state index in [1.165, 1.54) is 17.4 Å². The van der Waals surface area contributed by atoms with E-state index in [2.05, 4.69) is 13.8 Å². The average molecular weight is 335 g/mol. The number of benzene rings is 1. The van der Waals surface area contributed by atoms with E-state index in [4.69, 9.17) is 4.74 Å². The van der Waals surface area contributed by atoms with Gasteiger partial charge in [-0.3, -0.25) is 4.79 Å². The smallest absolute Gasteiger partial charge is 0.264 e. The number of carbonyl (C=O) groups is 1. The highest BCUT2D eigenvalue weighted by Gasteiger charge is 2.29. The molecule has 0 aliphatic carbocycles. The summed E-state index contributed by atoms with van der Waals surface area (Å²) < 4.78 is 20.3. The highest BCUT2D eigenvalue weighted by atomic mass is 32.1. The standard InChI is InChI=1S/C18H22FNO2S/c1-11-7-12(2)9-20(8-11)18(21)17-13(10-22-3)16-14(19)5-4-6-15(16)23-17/h4-6,11-12H,7-10H2,1-3H3/t11-,12+. The maximum Gasteiger partial charge on any atom is 0.264 e. The first kappa shape index (κ1) is 16.4. The van der Waals surface area contributed by atoms with Crippen LogP contribution in [0.2, 0.25) is 0 Å². The fourth-order valence-corrected chi connectivity index (χ4v) is 4.78. The van der Waals surface area contributed by atoms with Crippen molar-refractivity contribution in [1.29, 1.82) is 0 Å². The quantitative estimate of drug-likeness (QED) is 0.837. The minimum absolute atomic E-state index is 0.0102. The van der Waals surface area contributed by atoms with Gasteiger partial charge in [-0.2, -0.15) is 0 Å². The van der Waals surface area contributed by atoms with Gasteiger partial charge in [0, 0.05) is 35.8 Å². The Hall–Kier alpha value is -1.46. The van der Waals surface area contributed by atoms with Gasteiger partial charge in [-0.25, -0.2) is 4.39 Å². The van der Waals surface area contributed by atoms with Crippen LogP contribution in [0, 0.1) is 17.7 Å². The van der Waals surface area contributed by atoms with Crippen molar-refractivity contribution in [3.8, 4) is 0 Å². The van der Waals surface area contributed by atoms with E-state index in [0.29, 0.717) is 27.7 Å². The van der Waals surface area contributed by atoms with E-state index < -0.39 is 0 Å². The van der Waals surface area contributed by atoms with Crippen LogP contribution in [0.4, 0.5) is 4.39 Å². The first-order chi connectivity index (χ1) is 11.0. The highest BCUT2D eigenvalue weighted by molar-refractivity contribution is 7.21. The minimum Gasteiger partial charge on any atom is -0.380 e. The summed E-state index contributed by atoms with van der Waals surface area (Å²) in [6, 6.07) is 4.98. The number of thiophene rings is 1. The normalized spacial score (nSPS) is 21.8. The van der Waals surface area contributed by atoms with E-state index in [1.807, 2.05) is 11.0 Å². The summed E-state index contributed by atoms with van der Waals surface area (Å²) in [6.45, 7) is 6.15. The summed E-state index contributed by atoms with van der Waals surface area (Å²) in [4.78, 5) is 15.6. The van der Waals surface area contributed by atoms with Gasteiger partial charge in [0.05, 0.1) is 11.5 Å². The van der Waals surface area contributed by atoms with Crippen LogP contribution >= 0.6 is 11.3 Å². The van der Waals surface area contributed by atoms with E-state index in [1.54, 1.807) is 13.2 Å². The number of hydrogen-bond donors (Lipinski definition) is 0. The Bertz CT molecular complexity index is 717. The lowest BCUT2D eigenvalue weighted by molar-refractivity contribution is 0.0624. The van der Waals surface area contributed by atoms with Crippen molar-refractivity contribution in [2.75, 3.05) is 20.2 Å². The Morgan fingerprint density at radius 3 is 2.70 bits per heavy atom. The van der Waals surface area contributed by atoms with Crippen molar-refractivity contribution in [2.45, 2.75) is 26.9 Å². The number of carbonyl (C=O) groups excluding carboxylic acids is 1. The number of hydrogen-bond acceptors (Lipinski definition) is 3. The van der Waals surface area contributed by atoms with Crippen molar-refractivity contribution in [3.05, 3.63) is 34.5 Å². The van der Waals surface area contributed by atoms with Crippen LogP contribution in [0.15, 0.2) is 18.2 Å². The third kappa shape index (κ3) is 3.12. The molecule has 1 aromatic carbocycles. The number of piperidine rings is 1. The molecule has 1 saturated heterocycles. The molecule has 0 radical (unpaired) electrons. The molecule has 1 fully saturated rings. The zero-order valence-electron chi connectivity index (χ0n) is 13.8. The molecule has 124 valence electrons. The molecular weight excluding hydrogens is 313 g/mol. The van der Waals surface area contributed by atoms with Crippen molar-refractivity contribution < 1.29 is 13.9 Å². The summed E-state index contributed by atoms with van der Waals surface area (Å²) in [5.41, 5.74) is 0.682. The zero-order chi connectivity index (χ0) is 16.6. The minimum atomic E-state index is -0.287. The van der Waals surface area contributed by atoms with E-state index in [9.17, 15) is 9.18 Å². The lowest BCUT2D eigenvalue weighted by Crippen LogP contribution is -2.42. The molecule has 0 N–H and O–H groups in total. The maximum absolute atomic E-state index is 14.2. The first-order valence-electron chi connectivity index (χ1n) is 7.99. The zero-order valence-corrected chi connectivity index (χ0v) is 14.6. The van der Waals surface area contributed by atoms with Crippen molar-refractivity contribution in [2.24, 2.45) is 11.8 Å². The molecule has 2 heterocycles. The van der Waals surface area contributed by atoms with Crippen LogP contribution < -0.4 is 0 Å². The Labute approximate surface area is 140 Å². The van der Waals surface area contributed by atoms with E-state index in [0.717, 1.165) is 24.2 Å². The van der Waals surface area contributed by atoms with Crippen LogP contribution in [0.3, 0.4) is 0 Å². The van der Waals surface area contributed by atoms with Gasteiger partial charge in [0.1, 0.15) is 5.82 Å². The number of rotatable bonds is 3. The molecule has 1 aliphatic rings. The topological polar surface area (TPSA) is 29.5 Å². The molecule has 2 atom stereocenters. The van der Waals surface area contributed by atoms with Crippen LogP contribution in [0.25, 0.3) is 10.1 Å². The number of amides is 1. The number of likely N-dealkylation sites (tertiary alicyclic amines) is 1. The Morgan fingerprint density at radius 2 is 2.04 bits per heavy atom. The molecular formula is C18H22FNO2S. The van der Waals surface area contributed by atoms with Crippen LogP contribution in [0.5, 0.6) is 0 Å². The molecule has 1 aromatic heterocycles. The number of fused-ring (bicyclic) bond motifs is 1. The molecule has 0 bridgehead atoms. The molecule has 3 rings (SSSR count). The van der Waals surface area contributed by atoms with Gasteiger partial charge in [0.2, 0.25) is 0 Å².